The number of nitrogens with zero attached hydrogens (tertiary/aromatic N) is 2. The summed E-state index contributed by atoms with van der Waals surface area (Å²) in [6, 6.07) is 0.402. The minimum Gasteiger partial charge on any atom is -0.741 e. The first-order valence-electron chi connectivity index (χ1n) is 10.4. The molecule has 0 aromatic carbocycles. The van der Waals surface area contributed by atoms with Gasteiger partial charge in [-0.3, -0.25) is 0 Å². The van der Waals surface area contributed by atoms with Gasteiger partial charge in [0.1, 0.15) is 18.6 Å². The van der Waals surface area contributed by atoms with Gasteiger partial charge >= 0.3 is 28.1 Å². The van der Waals surface area contributed by atoms with E-state index in [1.807, 2.05) is 0 Å². The van der Waals surface area contributed by atoms with Crippen molar-refractivity contribution in [1.29, 1.82) is 0 Å². The van der Waals surface area contributed by atoms with Crippen LogP contribution in [0.2, 0.25) is 0 Å². The Labute approximate surface area is 228 Å². The molecule has 229 valence electrons. The van der Waals surface area contributed by atoms with Gasteiger partial charge in [-0.05, 0) is 24.7 Å². The second-order valence-electron chi connectivity index (χ2n) is 10.7. The molecule has 0 saturated carbocycles. The van der Waals surface area contributed by atoms with Crippen LogP contribution < -0.4 is 0 Å². The first-order valence-corrected chi connectivity index (χ1v) is 13.2. The van der Waals surface area contributed by atoms with Crippen molar-refractivity contribution in [3.63, 3.8) is 0 Å². The summed E-state index contributed by atoms with van der Waals surface area (Å²) < 4.78 is 130. The summed E-state index contributed by atoms with van der Waals surface area (Å²) in [5, 5.41) is 0. The van der Waals surface area contributed by atoms with Gasteiger partial charge in [0, 0.05) is 0 Å². The summed E-state index contributed by atoms with van der Waals surface area (Å²) in [6.45, 7) is 18.6. The molecule has 38 heavy (non-hydrogen) atoms. The fourth-order valence-corrected chi connectivity index (χ4v) is 2.41. The first-order chi connectivity index (χ1) is 15.9. The van der Waals surface area contributed by atoms with E-state index in [4.69, 9.17) is 45.4 Å². The second kappa shape index (κ2) is 12.6. The van der Waals surface area contributed by atoms with Crippen LogP contribution in [0.25, 0.3) is 0 Å². The van der Waals surface area contributed by atoms with Gasteiger partial charge in [0.2, 0.25) is 0 Å². The van der Waals surface area contributed by atoms with Crippen LogP contribution >= 0.6 is 0 Å². The van der Waals surface area contributed by atoms with E-state index < -0.39 is 31.3 Å². The predicted molar refractivity (Wildman–Crippen MR) is 119 cm³/mol. The third kappa shape index (κ3) is 11.5. The van der Waals surface area contributed by atoms with Gasteiger partial charge in [0.15, 0.2) is 32.0 Å². The molecule has 19 heteroatoms. The maximum atomic E-state index is 10.7. The van der Waals surface area contributed by atoms with Crippen molar-refractivity contribution in [1.82, 2.24) is 0 Å². The second-order valence-corrected chi connectivity index (χ2v) is 13.4. The van der Waals surface area contributed by atoms with Crippen molar-refractivity contribution < 1.29 is 78.8 Å². The van der Waals surface area contributed by atoms with E-state index >= 15 is 0 Å². The van der Waals surface area contributed by atoms with Gasteiger partial charge in [-0.25, -0.2) is 26.8 Å². The summed E-state index contributed by atoms with van der Waals surface area (Å²) >= 11 is 0. The summed E-state index contributed by atoms with van der Waals surface area (Å²) in [6.07, 6.45) is 0. The Kier molecular flexibility index (Phi) is 12.9. The molecule has 10 nitrogen and oxygen atoms in total. The van der Waals surface area contributed by atoms with Crippen molar-refractivity contribution in [3.8, 4) is 0 Å². The number of alkyl halides is 6. The zero-order chi connectivity index (χ0) is 30.1. The number of hydrogen-bond donors (Lipinski definition) is 0. The number of halogens is 6. The number of aliphatic imine (C=N–C) groups is 2. The molecule has 2 rings (SSSR count). The Hall–Kier alpha value is -1.14. The van der Waals surface area contributed by atoms with Crippen LogP contribution in [0.4, 0.5) is 26.3 Å². The van der Waals surface area contributed by atoms with E-state index in [1.165, 1.54) is 0 Å². The van der Waals surface area contributed by atoms with Crippen molar-refractivity contribution in [2.45, 2.75) is 78.5 Å². The van der Waals surface area contributed by atoms with E-state index in [9.17, 15) is 26.3 Å². The third-order valence-electron chi connectivity index (χ3n) is 4.94. The maximum absolute atomic E-state index is 10.7. The van der Waals surface area contributed by atoms with E-state index in [-0.39, 0.29) is 45.4 Å². The third-order valence-corrected chi connectivity index (χ3v) is 6.07. The van der Waals surface area contributed by atoms with Crippen LogP contribution in [0.15, 0.2) is 9.98 Å². The molecule has 0 bridgehead atoms. The largest absolute Gasteiger partial charge is 2.00 e. The quantitative estimate of drug-likeness (QED) is 0.188. The molecule has 1 radical (unpaired) electrons. The summed E-state index contributed by atoms with van der Waals surface area (Å²) in [7, 11) is -12.2. The fourth-order valence-electron chi connectivity index (χ4n) is 2.41. The average Bonchev–Trinajstić information content (AvgIpc) is 3.29. The molecule has 2 atom stereocenters. The number of ether oxygens (including phenoxy) is 2. The Morgan fingerprint density at radius 3 is 1.00 bits per heavy atom. The molecule has 0 amide bonds. The Morgan fingerprint density at radius 1 is 0.658 bits per heavy atom. The van der Waals surface area contributed by atoms with Crippen LogP contribution in [0, 0.1) is 16.2 Å². The monoisotopic (exact) mass is 655 g/mol. The summed E-state index contributed by atoms with van der Waals surface area (Å²) in [5.74, 6) is 1.52. The van der Waals surface area contributed by atoms with Crippen LogP contribution in [-0.2, 0) is 46.8 Å². The SMILES string of the molecule is CC(C)(C1=N[C@@H](C(C)(C)C)CO1)C1=N[C@@H](C(C)(C)C)CO1.O=S(=O)([O-])C(F)(F)F.O=S(=O)([O-])C(F)(F)F.[Cu+2]. The van der Waals surface area contributed by atoms with Crippen LogP contribution in [0.1, 0.15) is 55.4 Å². The van der Waals surface area contributed by atoms with Gasteiger partial charge in [-0.15, -0.1) is 0 Å². The predicted octanol–water partition coefficient (Wildman–Crippen LogP) is 3.80. The average molecular weight is 656 g/mol. The van der Waals surface area contributed by atoms with Crippen molar-refractivity contribution in [2.75, 3.05) is 13.2 Å². The Balaban J connectivity index is 0. The van der Waals surface area contributed by atoms with Gasteiger partial charge in [-0.2, -0.15) is 26.3 Å². The van der Waals surface area contributed by atoms with Crippen molar-refractivity contribution >= 4 is 32.0 Å². The topological polar surface area (TPSA) is 158 Å². The van der Waals surface area contributed by atoms with Crippen LogP contribution in [0.3, 0.4) is 0 Å². The smallest absolute Gasteiger partial charge is 0.741 e. The zero-order valence-electron chi connectivity index (χ0n) is 21.6. The Morgan fingerprint density at radius 2 is 0.868 bits per heavy atom. The number of rotatable bonds is 2. The van der Waals surface area contributed by atoms with Crippen LogP contribution in [-0.4, -0.2) is 74.1 Å². The molecule has 2 aliphatic heterocycles. The molecule has 0 saturated heterocycles. The molecule has 0 aromatic heterocycles. The summed E-state index contributed by atoms with van der Waals surface area (Å²) in [4.78, 5) is 9.59. The molecule has 2 heterocycles. The molecule has 0 fully saturated rings. The minimum absolute atomic E-state index is 0. The molecule has 0 aliphatic carbocycles. The van der Waals surface area contributed by atoms with Gasteiger partial charge in [-0.1, -0.05) is 41.5 Å². The first kappa shape index (κ1) is 39.0. The molecule has 0 N–H and O–H groups in total. The molecule has 0 aromatic rings. The van der Waals surface area contributed by atoms with Crippen LogP contribution in [0.5, 0.6) is 0 Å². The van der Waals surface area contributed by atoms with E-state index in [2.05, 4.69) is 55.4 Å². The number of hydrogen-bond acceptors (Lipinski definition) is 10. The normalized spacial score (nSPS) is 20.8. The van der Waals surface area contributed by atoms with E-state index in [0.717, 1.165) is 11.8 Å². The maximum Gasteiger partial charge on any atom is 2.00 e. The molecular formula is C19H30CuF6N2O8S2. The van der Waals surface area contributed by atoms with E-state index in [1.54, 1.807) is 0 Å². The molecule has 0 unspecified atom stereocenters. The zero-order valence-corrected chi connectivity index (χ0v) is 24.2. The van der Waals surface area contributed by atoms with Gasteiger partial charge in [0.25, 0.3) is 0 Å². The molecule has 0 spiro atoms. The van der Waals surface area contributed by atoms with Crippen molar-refractivity contribution in [2.24, 2.45) is 26.2 Å². The molecular weight excluding hydrogens is 626 g/mol. The Bertz CT molecular complexity index is 990. The molecule has 2 aliphatic rings. The van der Waals surface area contributed by atoms with Gasteiger partial charge < -0.3 is 18.6 Å². The van der Waals surface area contributed by atoms with E-state index in [0.29, 0.717) is 13.2 Å². The van der Waals surface area contributed by atoms with Gasteiger partial charge in [0.05, 0.1) is 12.1 Å². The summed E-state index contributed by atoms with van der Waals surface area (Å²) in [5.41, 5.74) is -11.5. The van der Waals surface area contributed by atoms with Crippen molar-refractivity contribution in [3.05, 3.63) is 0 Å². The fraction of sp³-hybridized carbons (Fsp3) is 0.895. The standard InChI is InChI=1S/C17H30N2O2.2CHF3O3S.Cu/c1-15(2,3)11-9-20-13(18-11)17(7,8)14-19-12(10-21-14)16(4,5)6;2*2-1(3,4)8(5,6)7;/h11-12H,9-10H2,1-8H3;2*(H,5,6,7);/q;;;+2/p-2/t11-,12-;;;/m1.../s1. The minimum atomic E-state index is -6.09.